The lowest BCUT2D eigenvalue weighted by atomic mass is 10.3. The van der Waals surface area contributed by atoms with Crippen molar-refractivity contribution < 1.29 is 13.9 Å². The first-order chi connectivity index (χ1) is 7.06. The summed E-state index contributed by atoms with van der Waals surface area (Å²) in [5.74, 6) is -1.62. The van der Waals surface area contributed by atoms with Crippen molar-refractivity contribution in [1.82, 2.24) is 10.2 Å². The van der Waals surface area contributed by atoms with E-state index in [0.717, 1.165) is 0 Å². The molecule has 0 radical (unpaired) electrons. The number of aromatic amines is 1. The molecule has 0 saturated heterocycles. The van der Waals surface area contributed by atoms with Crippen LogP contribution in [0.5, 0.6) is 0 Å². The number of nitrogens with zero attached hydrogens (tertiary/aromatic N) is 1. The smallest absolute Gasteiger partial charge is 0.312 e. The van der Waals surface area contributed by atoms with Gasteiger partial charge in [-0.25, -0.2) is 9.49 Å². The van der Waals surface area contributed by atoms with E-state index in [1.807, 2.05) is 5.10 Å². The van der Waals surface area contributed by atoms with Crippen molar-refractivity contribution in [1.29, 1.82) is 0 Å². The van der Waals surface area contributed by atoms with Gasteiger partial charge in [0, 0.05) is 0 Å². The molecule has 82 valence electrons. The van der Waals surface area contributed by atoms with Gasteiger partial charge in [-0.3, -0.25) is 9.59 Å². The summed E-state index contributed by atoms with van der Waals surface area (Å²) in [6.07, 6.45) is -0.365. The molecule has 0 bridgehead atoms. The number of carbonyl (C=O) groups is 1. The third-order valence-electron chi connectivity index (χ3n) is 1.55. The van der Waals surface area contributed by atoms with Crippen LogP contribution in [0.2, 0.25) is 5.02 Å². The maximum absolute atomic E-state index is 13.2. The number of carbonyl (C=O) groups excluding carboxylic acids is 1. The lowest BCUT2D eigenvalue weighted by molar-refractivity contribution is -0.142. The minimum atomic E-state index is -0.992. The quantitative estimate of drug-likeness (QED) is 0.781. The van der Waals surface area contributed by atoms with Gasteiger partial charge < -0.3 is 4.74 Å². The molecular weight excluding hydrogens is 227 g/mol. The number of ether oxygens (including phenoxy) is 1. The second kappa shape index (κ2) is 4.88. The zero-order valence-corrected chi connectivity index (χ0v) is 8.60. The Balaban J connectivity index is 2.92. The van der Waals surface area contributed by atoms with E-state index in [4.69, 9.17) is 11.6 Å². The third kappa shape index (κ3) is 2.76. The molecule has 0 aliphatic heterocycles. The van der Waals surface area contributed by atoms with E-state index >= 15 is 0 Å². The Morgan fingerprint density at radius 2 is 2.33 bits per heavy atom. The van der Waals surface area contributed by atoms with Crippen molar-refractivity contribution >= 4 is 17.6 Å². The molecule has 1 aromatic heterocycles. The van der Waals surface area contributed by atoms with Crippen LogP contribution < -0.4 is 5.56 Å². The van der Waals surface area contributed by atoms with Crippen LogP contribution in [0.15, 0.2) is 4.79 Å². The number of aromatic nitrogens is 2. The highest BCUT2D eigenvalue weighted by Crippen LogP contribution is 2.11. The average molecular weight is 235 g/mol. The highest BCUT2D eigenvalue weighted by Gasteiger charge is 2.15. The van der Waals surface area contributed by atoms with Crippen LogP contribution in [0.3, 0.4) is 0 Å². The molecule has 0 atom stereocenters. The Morgan fingerprint density at radius 1 is 1.67 bits per heavy atom. The molecule has 0 saturated carbocycles. The number of hydrogen-bond acceptors (Lipinski definition) is 4. The fourth-order valence-corrected chi connectivity index (χ4v) is 1.06. The van der Waals surface area contributed by atoms with E-state index < -0.39 is 22.4 Å². The molecule has 0 unspecified atom stereocenters. The second-order valence-corrected chi connectivity index (χ2v) is 2.99. The number of esters is 1. The van der Waals surface area contributed by atoms with Gasteiger partial charge >= 0.3 is 5.97 Å². The third-order valence-corrected chi connectivity index (χ3v) is 1.89. The van der Waals surface area contributed by atoms with Gasteiger partial charge in [0.25, 0.3) is 5.56 Å². The number of hydrogen-bond donors (Lipinski definition) is 1. The van der Waals surface area contributed by atoms with Crippen LogP contribution in [-0.4, -0.2) is 22.8 Å². The maximum Gasteiger partial charge on any atom is 0.312 e. The maximum atomic E-state index is 13.2. The minimum absolute atomic E-state index is 0.192. The molecule has 0 aromatic carbocycles. The monoisotopic (exact) mass is 234 g/mol. The Hall–Kier alpha value is -1.43. The summed E-state index contributed by atoms with van der Waals surface area (Å²) in [4.78, 5) is 21.8. The highest BCUT2D eigenvalue weighted by molar-refractivity contribution is 6.30. The van der Waals surface area contributed by atoms with Gasteiger partial charge in [0.05, 0.1) is 13.0 Å². The first-order valence-corrected chi connectivity index (χ1v) is 4.52. The van der Waals surface area contributed by atoms with Gasteiger partial charge in [0.2, 0.25) is 0 Å². The first-order valence-electron chi connectivity index (χ1n) is 4.14. The topological polar surface area (TPSA) is 72.0 Å². The van der Waals surface area contributed by atoms with Crippen molar-refractivity contribution in [2.45, 2.75) is 13.3 Å². The van der Waals surface area contributed by atoms with Gasteiger partial charge in [-0.1, -0.05) is 11.6 Å². The molecular formula is C8H8ClFN2O3. The minimum Gasteiger partial charge on any atom is -0.466 e. The number of rotatable bonds is 3. The summed E-state index contributed by atoms with van der Waals surface area (Å²) in [7, 11) is 0. The van der Waals surface area contributed by atoms with E-state index in [0.29, 0.717) is 0 Å². The molecule has 1 N–H and O–H groups in total. The summed E-state index contributed by atoms with van der Waals surface area (Å²) in [6, 6.07) is 0. The average Bonchev–Trinajstić information content (AvgIpc) is 2.20. The van der Waals surface area contributed by atoms with Crippen LogP contribution in [0.25, 0.3) is 0 Å². The Labute approximate surface area is 89.2 Å². The molecule has 1 heterocycles. The van der Waals surface area contributed by atoms with E-state index in [1.165, 1.54) is 0 Å². The van der Waals surface area contributed by atoms with Crippen molar-refractivity contribution in [2.24, 2.45) is 0 Å². The summed E-state index contributed by atoms with van der Waals surface area (Å²) < 4.78 is 17.8. The molecule has 0 spiro atoms. The lowest BCUT2D eigenvalue weighted by Crippen LogP contribution is -2.17. The normalized spacial score (nSPS) is 10.1. The SMILES string of the molecule is CCOC(=O)Cc1n[nH]c(=O)c(Cl)c1F. The molecule has 0 aliphatic carbocycles. The van der Waals surface area contributed by atoms with Crippen molar-refractivity contribution in [2.75, 3.05) is 6.61 Å². The molecule has 5 nitrogen and oxygen atoms in total. The van der Waals surface area contributed by atoms with Crippen LogP contribution in [-0.2, 0) is 16.0 Å². The van der Waals surface area contributed by atoms with Gasteiger partial charge in [-0.2, -0.15) is 5.10 Å². The zero-order chi connectivity index (χ0) is 11.4. The molecule has 15 heavy (non-hydrogen) atoms. The second-order valence-electron chi connectivity index (χ2n) is 2.61. The molecule has 0 aliphatic rings. The lowest BCUT2D eigenvalue weighted by Gasteiger charge is -2.02. The predicted molar refractivity (Wildman–Crippen MR) is 50.2 cm³/mol. The van der Waals surface area contributed by atoms with E-state index in [-0.39, 0.29) is 18.7 Å². The zero-order valence-electron chi connectivity index (χ0n) is 7.84. The van der Waals surface area contributed by atoms with Crippen LogP contribution >= 0.6 is 11.6 Å². The standard InChI is InChI=1S/C8H8ClFN2O3/c1-2-15-5(13)3-4-7(10)6(9)8(14)12-11-4/h2-3H2,1H3,(H,12,14). The Morgan fingerprint density at radius 3 is 2.93 bits per heavy atom. The molecule has 0 fully saturated rings. The number of nitrogens with one attached hydrogen (secondary N) is 1. The van der Waals surface area contributed by atoms with Crippen molar-refractivity contribution in [3.63, 3.8) is 0 Å². The Kier molecular flexibility index (Phi) is 3.79. The van der Waals surface area contributed by atoms with Crippen LogP contribution in [0, 0.1) is 5.82 Å². The van der Waals surface area contributed by atoms with E-state index in [9.17, 15) is 14.0 Å². The summed E-state index contributed by atoms with van der Waals surface area (Å²) in [5, 5.41) is 4.73. The number of H-pyrrole nitrogens is 1. The molecule has 1 aromatic rings. The van der Waals surface area contributed by atoms with E-state index in [2.05, 4.69) is 9.84 Å². The van der Waals surface area contributed by atoms with Gasteiger partial charge in [-0.15, -0.1) is 0 Å². The fraction of sp³-hybridized carbons (Fsp3) is 0.375. The molecule has 0 amide bonds. The molecule has 7 heteroatoms. The number of halogens is 2. The summed E-state index contributed by atoms with van der Waals surface area (Å²) in [6.45, 7) is 1.82. The van der Waals surface area contributed by atoms with Crippen molar-refractivity contribution in [3.05, 3.63) is 26.9 Å². The van der Waals surface area contributed by atoms with E-state index in [1.54, 1.807) is 6.92 Å². The Bertz CT molecular complexity index is 432. The summed E-state index contributed by atoms with van der Waals surface area (Å²) >= 11 is 5.33. The summed E-state index contributed by atoms with van der Waals surface area (Å²) in [5.41, 5.74) is -1.07. The van der Waals surface area contributed by atoms with Gasteiger partial charge in [0.1, 0.15) is 10.7 Å². The largest absolute Gasteiger partial charge is 0.466 e. The van der Waals surface area contributed by atoms with Crippen molar-refractivity contribution in [3.8, 4) is 0 Å². The highest BCUT2D eigenvalue weighted by atomic mass is 35.5. The fourth-order valence-electron chi connectivity index (χ4n) is 0.909. The van der Waals surface area contributed by atoms with Gasteiger partial charge in [0.15, 0.2) is 5.82 Å². The van der Waals surface area contributed by atoms with Crippen LogP contribution in [0.1, 0.15) is 12.6 Å². The van der Waals surface area contributed by atoms with Crippen LogP contribution in [0.4, 0.5) is 4.39 Å². The van der Waals surface area contributed by atoms with Gasteiger partial charge in [-0.05, 0) is 6.92 Å². The molecule has 1 rings (SSSR count). The first kappa shape index (κ1) is 11.6. The predicted octanol–water partition coefficient (Wildman–Crippen LogP) is 0.668.